The maximum Gasteiger partial charge on any atom is 0.255 e. The Labute approximate surface area is 149 Å². The van der Waals surface area contributed by atoms with Crippen LogP contribution in [0.4, 0.5) is 25.8 Å². The van der Waals surface area contributed by atoms with Crippen LogP contribution in [-0.2, 0) is 0 Å². The van der Waals surface area contributed by atoms with Crippen molar-refractivity contribution in [3.63, 3.8) is 0 Å². The van der Waals surface area contributed by atoms with Crippen LogP contribution in [0.2, 0.25) is 0 Å². The first kappa shape index (κ1) is 17.4. The molecule has 0 aromatic heterocycles. The normalized spacial score (nSPS) is 10.3. The summed E-state index contributed by atoms with van der Waals surface area (Å²) in [6.45, 7) is 0. The van der Waals surface area contributed by atoms with Crippen LogP contribution in [0, 0.1) is 11.6 Å². The molecular weight excluding hydrogens is 338 g/mol. The average molecular weight is 354 g/mol. The molecule has 0 aliphatic carbocycles. The Balaban J connectivity index is 1.66. The second-order valence-corrected chi connectivity index (χ2v) is 5.51. The van der Waals surface area contributed by atoms with Gasteiger partial charge in [-0.15, -0.1) is 0 Å². The molecule has 0 radical (unpaired) electrons. The molecule has 2 N–H and O–H groups in total. The van der Waals surface area contributed by atoms with Crippen molar-refractivity contribution in [1.82, 2.24) is 0 Å². The van der Waals surface area contributed by atoms with Crippen molar-refractivity contribution < 1.29 is 18.3 Å². The number of anilines is 3. The minimum absolute atomic E-state index is 0.168. The summed E-state index contributed by atoms with van der Waals surface area (Å²) in [4.78, 5) is 12.2. The first-order valence-electron chi connectivity index (χ1n) is 7.83. The van der Waals surface area contributed by atoms with Gasteiger partial charge in [-0.05, 0) is 60.7 Å². The zero-order chi connectivity index (χ0) is 18.5. The Hall–Kier alpha value is -3.41. The lowest BCUT2D eigenvalue weighted by Crippen LogP contribution is -2.11. The summed E-state index contributed by atoms with van der Waals surface area (Å²) in [6, 6.07) is 16.8. The summed E-state index contributed by atoms with van der Waals surface area (Å²) in [5.74, 6) is -0.894. The maximum absolute atomic E-state index is 13.7. The molecule has 3 aromatic carbocycles. The quantitative estimate of drug-likeness (QED) is 0.680. The minimum Gasteiger partial charge on any atom is -0.497 e. The van der Waals surface area contributed by atoms with E-state index in [0.717, 1.165) is 6.07 Å². The van der Waals surface area contributed by atoms with Crippen LogP contribution in [0.1, 0.15) is 10.4 Å². The highest BCUT2D eigenvalue weighted by atomic mass is 19.1. The van der Waals surface area contributed by atoms with Crippen molar-refractivity contribution in [2.45, 2.75) is 0 Å². The highest BCUT2D eigenvalue weighted by Gasteiger charge is 2.07. The third-order valence-corrected chi connectivity index (χ3v) is 3.71. The summed E-state index contributed by atoms with van der Waals surface area (Å²) >= 11 is 0. The lowest BCUT2D eigenvalue weighted by Gasteiger charge is -2.10. The number of carbonyl (C=O) groups excluding carboxylic acids is 1. The third-order valence-electron chi connectivity index (χ3n) is 3.71. The van der Waals surface area contributed by atoms with Crippen molar-refractivity contribution in [3.05, 3.63) is 83.9 Å². The van der Waals surface area contributed by atoms with Gasteiger partial charge in [0.15, 0.2) is 0 Å². The number of halogens is 2. The predicted molar refractivity (Wildman–Crippen MR) is 97.0 cm³/mol. The number of amides is 1. The SMILES string of the molecule is COc1ccc(C(=O)Nc2ccc(Nc3ccc(F)cc3F)cc2)cc1. The van der Waals surface area contributed by atoms with Gasteiger partial charge in [0.2, 0.25) is 0 Å². The van der Waals surface area contributed by atoms with Crippen LogP contribution < -0.4 is 15.4 Å². The van der Waals surface area contributed by atoms with Crippen LogP contribution in [-0.4, -0.2) is 13.0 Å². The molecule has 0 saturated carbocycles. The van der Waals surface area contributed by atoms with Crippen molar-refractivity contribution >= 4 is 23.0 Å². The number of nitrogens with one attached hydrogen (secondary N) is 2. The van der Waals surface area contributed by atoms with Gasteiger partial charge < -0.3 is 15.4 Å². The second-order valence-electron chi connectivity index (χ2n) is 5.51. The third kappa shape index (κ3) is 4.16. The Morgan fingerprint density at radius 1 is 0.885 bits per heavy atom. The number of rotatable bonds is 5. The molecule has 0 unspecified atom stereocenters. The fourth-order valence-electron chi connectivity index (χ4n) is 2.33. The van der Waals surface area contributed by atoms with Crippen LogP contribution in [0.15, 0.2) is 66.7 Å². The van der Waals surface area contributed by atoms with Crippen molar-refractivity contribution in [2.75, 3.05) is 17.7 Å². The fourth-order valence-corrected chi connectivity index (χ4v) is 2.33. The van der Waals surface area contributed by atoms with Gasteiger partial charge in [-0.3, -0.25) is 4.79 Å². The summed E-state index contributed by atoms with van der Waals surface area (Å²) in [6.07, 6.45) is 0. The molecule has 0 aliphatic rings. The summed E-state index contributed by atoms with van der Waals surface area (Å²) in [5.41, 5.74) is 1.87. The molecule has 3 rings (SSSR count). The van der Waals surface area contributed by atoms with E-state index in [1.807, 2.05) is 0 Å². The van der Waals surface area contributed by atoms with Gasteiger partial charge >= 0.3 is 0 Å². The van der Waals surface area contributed by atoms with Crippen LogP contribution in [0.5, 0.6) is 5.75 Å². The Bertz CT molecular complexity index is 910. The van der Waals surface area contributed by atoms with E-state index < -0.39 is 11.6 Å². The molecule has 6 heteroatoms. The number of methoxy groups -OCH3 is 1. The van der Waals surface area contributed by atoms with Crippen LogP contribution in [0.3, 0.4) is 0 Å². The molecule has 0 saturated heterocycles. The molecule has 0 spiro atoms. The van der Waals surface area contributed by atoms with E-state index in [1.165, 1.54) is 12.1 Å². The predicted octanol–water partition coefficient (Wildman–Crippen LogP) is 4.97. The number of hydrogen-bond acceptors (Lipinski definition) is 3. The van der Waals surface area contributed by atoms with Crippen LogP contribution in [0.25, 0.3) is 0 Å². The summed E-state index contributed by atoms with van der Waals surface area (Å²) in [7, 11) is 1.56. The van der Waals surface area contributed by atoms with Gasteiger partial charge in [0.1, 0.15) is 17.4 Å². The standard InChI is InChI=1S/C20H16F2N2O2/c1-26-17-9-2-13(3-10-17)20(25)24-16-7-5-15(6-8-16)23-19-11-4-14(21)12-18(19)22/h2-12,23H,1H3,(H,24,25). The van der Waals surface area contributed by atoms with Crippen molar-refractivity contribution in [3.8, 4) is 5.75 Å². The van der Waals surface area contributed by atoms with E-state index in [9.17, 15) is 13.6 Å². The zero-order valence-electron chi connectivity index (χ0n) is 13.9. The molecular formula is C20H16F2N2O2. The molecule has 0 bridgehead atoms. The molecule has 0 heterocycles. The Kier molecular flexibility index (Phi) is 5.12. The van der Waals surface area contributed by atoms with E-state index in [-0.39, 0.29) is 11.6 Å². The van der Waals surface area contributed by atoms with E-state index >= 15 is 0 Å². The molecule has 132 valence electrons. The second kappa shape index (κ2) is 7.65. The molecule has 1 amide bonds. The maximum atomic E-state index is 13.7. The van der Waals surface area contributed by atoms with E-state index in [0.29, 0.717) is 22.7 Å². The molecule has 3 aromatic rings. The number of ether oxygens (including phenoxy) is 1. The lowest BCUT2D eigenvalue weighted by atomic mass is 10.2. The summed E-state index contributed by atoms with van der Waals surface area (Å²) in [5, 5.41) is 5.63. The van der Waals surface area contributed by atoms with Gasteiger partial charge in [0.25, 0.3) is 5.91 Å². The molecule has 4 nitrogen and oxygen atoms in total. The van der Waals surface area contributed by atoms with Crippen LogP contribution >= 0.6 is 0 Å². The zero-order valence-corrected chi connectivity index (χ0v) is 13.9. The van der Waals surface area contributed by atoms with E-state index in [4.69, 9.17) is 4.74 Å². The first-order chi connectivity index (χ1) is 12.5. The topological polar surface area (TPSA) is 50.4 Å². The smallest absolute Gasteiger partial charge is 0.255 e. The minimum atomic E-state index is -0.679. The Morgan fingerprint density at radius 2 is 1.54 bits per heavy atom. The lowest BCUT2D eigenvalue weighted by molar-refractivity contribution is 0.102. The highest BCUT2D eigenvalue weighted by molar-refractivity contribution is 6.04. The van der Waals surface area contributed by atoms with E-state index in [2.05, 4.69) is 10.6 Å². The molecule has 0 fully saturated rings. The fraction of sp³-hybridized carbons (Fsp3) is 0.0500. The average Bonchev–Trinajstić information content (AvgIpc) is 2.65. The van der Waals surface area contributed by atoms with E-state index in [1.54, 1.807) is 55.6 Å². The van der Waals surface area contributed by atoms with Gasteiger partial charge in [-0.25, -0.2) is 8.78 Å². The first-order valence-corrected chi connectivity index (χ1v) is 7.83. The Morgan fingerprint density at radius 3 is 2.15 bits per heavy atom. The largest absolute Gasteiger partial charge is 0.497 e. The number of benzene rings is 3. The van der Waals surface area contributed by atoms with Gasteiger partial charge in [-0.2, -0.15) is 0 Å². The van der Waals surface area contributed by atoms with Gasteiger partial charge in [-0.1, -0.05) is 0 Å². The molecule has 26 heavy (non-hydrogen) atoms. The monoisotopic (exact) mass is 354 g/mol. The van der Waals surface area contributed by atoms with Crippen molar-refractivity contribution in [2.24, 2.45) is 0 Å². The summed E-state index contributed by atoms with van der Waals surface area (Å²) < 4.78 is 31.6. The van der Waals surface area contributed by atoms with Gasteiger partial charge in [0.05, 0.1) is 12.8 Å². The number of hydrogen-bond donors (Lipinski definition) is 2. The van der Waals surface area contributed by atoms with Gasteiger partial charge in [0, 0.05) is 23.0 Å². The molecule has 0 aliphatic heterocycles. The molecule has 0 atom stereocenters. The highest BCUT2D eigenvalue weighted by Crippen LogP contribution is 2.22. The number of carbonyl (C=O) groups is 1. The van der Waals surface area contributed by atoms with Crippen molar-refractivity contribution in [1.29, 1.82) is 0 Å².